The van der Waals surface area contributed by atoms with Gasteiger partial charge in [0.15, 0.2) is 0 Å². The minimum absolute atomic E-state index is 0.167. The minimum Gasteiger partial charge on any atom is -0.488 e. The Hall–Kier alpha value is -6.17. The first-order valence-electron chi connectivity index (χ1n) is 20.3. The predicted molar refractivity (Wildman–Crippen MR) is 226 cm³/mol. The van der Waals surface area contributed by atoms with Crippen LogP contribution >= 0.6 is 0 Å². The highest BCUT2D eigenvalue weighted by atomic mass is 16.5. The van der Waals surface area contributed by atoms with Gasteiger partial charge in [-0.25, -0.2) is 14.8 Å². The first-order chi connectivity index (χ1) is 28.0. The Morgan fingerprint density at radius 2 is 1.71 bits per heavy atom. The van der Waals surface area contributed by atoms with Gasteiger partial charge in [0, 0.05) is 30.5 Å². The van der Waals surface area contributed by atoms with Gasteiger partial charge in [-0.1, -0.05) is 89.6 Å². The van der Waals surface area contributed by atoms with Crippen LogP contribution in [-0.4, -0.2) is 67.8 Å². The molecule has 4 aromatic carbocycles. The first kappa shape index (κ1) is 40.0. The van der Waals surface area contributed by atoms with Crippen LogP contribution in [0.3, 0.4) is 0 Å². The number of H-pyrrole nitrogens is 2. The number of hydrogen-bond acceptors (Lipinski definition) is 7. The molecule has 7 rings (SSSR count). The monoisotopic (exact) mass is 783 g/mol. The van der Waals surface area contributed by atoms with Gasteiger partial charge < -0.3 is 34.6 Å². The van der Waals surface area contributed by atoms with Crippen molar-refractivity contribution in [3.63, 3.8) is 0 Å². The molecule has 1 aliphatic rings. The summed E-state index contributed by atoms with van der Waals surface area (Å²) < 4.78 is 11.2. The van der Waals surface area contributed by atoms with E-state index in [0.29, 0.717) is 55.9 Å². The highest BCUT2D eigenvalue weighted by Crippen LogP contribution is 2.42. The number of rotatable bonds is 15. The van der Waals surface area contributed by atoms with Crippen molar-refractivity contribution in [1.82, 2.24) is 35.1 Å². The number of nitrogens with one attached hydrogen (secondary N) is 3. The summed E-state index contributed by atoms with van der Waals surface area (Å²) in [5.41, 5.74) is 7.40. The molecular weight excluding hydrogens is 731 g/mol. The Balaban J connectivity index is 1.12. The van der Waals surface area contributed by atoms with E-state index in [9.17, 15) is 14.4 Å². The molecule has 0 saturated heterocycles. The van der Waals surface area contributed by atoms with Crippen LogP contribution in [0.4, 0.5) is 4.79 Å². The lowest BCUT2D eigenvalue weighted by molar-refractivity contribution is -0.134. The van der Waals surface area contributed by atoms with E-state index in [1.54, 1.807) is 4.90 Å². The second kappa shape index (κ2) is 17.5. The number of aromatic amines is 2. The Bertz CT molecular complexity index is 2420. The number of imidazole rings is 2. The van der Waals surface area contributed by atoms with E-state index in [0.717, 1.165) is 74.2 Å². The maximum Gasteiger partial charge on any atom is 0.407 e. The third kappa shape index (κ3) is 8.70. The van der Waals surface area contributed by atoms with Crippen molar-refractivity contribution in [2.75, 3.05) is 20.2 Å². The molecule has 12 nitrogen and oxygen atoms in total. The molecule has 3 heterocycles. The van der Waals surface area contributed by atoms with Crippen LogP contribution in [0.25, 0.3) is 44.2 Å². The van der Waals surface area contributed by atoms with Crippen molar-refractivity contribution in [3.05, 3.63) is 102 Å². The molecule has 2 atom stereocenters. The van der Waals surface area contributed by atoms with Crippen LogP contribution in [0.5, 0.6) is 5.75 Å². The number of methoxy groups -OCH3 is 1. The number of aromatic nitrogens is 4. The summed E-state index contributed by atoms with van der Waals surface area (Å²) >= 11 is 0. The Kier molecular flexibility index (Phi) is 12.1. The van der Waals surface area contributed by atoms with Gasteiger partial charge in [0.05, 0.1) is 43.1 Å². The fraction of sp³-hybridized carbons (Fsp3) is 0.370. The number of benzene rings is 4. The van der Waals surface area contributed by atoms with Gasteiger partial charge >= 0.3 is 6.09 Å². The highest BCUT2D eigenvalue weighted by molar-refractivity contribution is 6.07. The summed E-state index contributed by atoms with van der Waals surface area (Å²) in [5, 5.41) is 4.68. The summed E-state index contributed by atoms with van der Waals surface area (Å²) in [5.74, 6) is 2.80. The summed E-state index contributed by atoms with van der Waals surface area (Å²) in [6.07, 6.45) is 3.41. The maximum absolute atomic E-state index is 14.0. The Morgan fingerprint density at radius 1 is 0.914 bits per heavy atom. The van der Waals surface area contributed by atoms with Crippen LogP contribution in [0, 0.1) is 11.8 Å². The average Bonchev–Trinajstić information content (AvgIpc) is 3.88. The summed E-state index contributed by atoms with van der Waals surface area (Å²) in [6, 6.07) is 22.9. The average molecular weight is 784 g/mol. The molecule has 302 valence electrons. The lowest BCUT2D eigenvalue weighted by atomic mass is 9.92. The molecule has 6 aromatic rings. The molecule has 2 aromatic heterocycles. The molecule has 3 N–H and O–H groups in total. The molecule has 0 fully saturated rings. The zero-order valence-electron chi connectivity index (χ0n) is 34.2. The zero-order chi connectivity index (χ0) is 40.9. The Labute approximate surface area is 339 Å². The molecule has 0 spiro atoms. The van der Waals surface area contributed by atoms with E-state index >= 15 is 0 Å². The number of carbonyl (C=O) groups excluding carboxylic acids is 3. The van der Waals surface area contributed by atoms with Crippen LogP contribution in [-0.2, 0) is 34.0 Å². The molecule has 0 unspecified atom stereocenters. The highest BCUT2D eigenvalue weighted by Gasteiger charge is 2.29. The van der Waals surface area contributed by atoms with Gasteiger partial charge in [0.2, 0.25) is 11.8 Å². The molecule has 0 saturated carbocycles. The van der Waals surface area contributed by atoms with Crippen molar-refractivity contribution < 1.29 is 23.9 Å². The smallest absolute Gasteiger partial charge is 0.407 e. The van der Waals surface area contributed by atoms with Crippen LogP contribution in [0.1, 0.15) is 82.7 Å². The maximum atomic E-state index is 14.0. The number of carbonyl (C=O) groups is 3. The third-order valence-corrected chi connectivity index (χ3v) is 10.8. The molecule has 58 heavy (non-hydrogen) atoms. The third-order valence-electron chi connectivity index (χ3n) is 10.8. The van der Waals surface area contributed by atoms with Gasteiger partial charge in [-0.05, 0) is 70.2 Å². The quantitative estimate of drug-likeness (QED) is 0.0943. The molecule has 0 aliphatic carbocycles. The van der Waals surface area contributed by atoms with Gasteiger partial charge in [0.25, 0.3) is 0 Å². The second-order valence-corrected chi connectivity index (χ2v) is 15.7. The molecule has 3 amide bonds. The predicted octanol–water partition coefficient (Wildman–Crippen LogP) is 8.92. The lowest BCUT2D eigenvalue weighted by Gasteiger charge is -2.27. The number of alkyl carbamates (subject to hydrolysis) is 1. The van der Waals surface area contributed by atoms with Crippen LogP contribution in [0.2, 0.25) is 0 Å². The van der Waals surface area contributed by atoms with E-state index in [-0.39, 0.29) is 18.4 Å². The van der Waals surface area contributed by atoms with Gasteiger partial charge in [-0.15, -0.1) is 0 Å². The van der Waals surface area contributed by atoms with Crippen molar-refractivity contribution in [2.24, 2.45) is 11.8 Å². The van der Waals surface area contributed by atoms with E-state index in [4.69, 9.17) is 14.5 Å². The molecule has 0 radical (unpaired) electrons. The standard InChI is InChI=1S/C46H53N7O5/c1-7-18-52(45(55)43(51-46(56)57-6)30-12-10-9-11-13-30)26-41-48-37-17-15-31-21-36-34-16-14-32(20-33(34)27-58-39(36)22-35(31)44(37)50-41)38-23-47-40(49-38)25-53(24-28(3)4)42(54)19-29(5)8-2/h9-17,20-23,28-29,43H,7-8,18-19,24-27H2,1-6H3,(H,47,49)(H,48,50)(H,51,56)/t29-,43+/m0/s1. The van der Waals surface area contributed by atoms with E-state index in [1.165, 1.54) is 7.11 Å². The molecule has 1 aliphatic heterocycles. The van der Waals surface area contributed by atoms with Crippen LogP contribution < -0.4 is 10.1 Å². The Morgan fingerprint density at radius 3 is 2.45 bits per heavy atom. The fourth-order valence-electron chi connectivity index (χ4n) is 7.63. The molecule has 0 bridgehead atoms. The first-order valence-corrected chi connectivity index (χ1v) is 20.3. The van der Waals surface area contributed by atoms with Gasteiger partial charge in [0.1, 0.15) is 30.0 Å². The topological polar surface area (TPSA) is 146 Å². The van der Waals surface area contributed by atoms with E-state index < -0.39 is 12.1 Å². The van der Waals surface area contributed by atoms with Gasteiger partial charge in [-0.3, -0.25) is 9.59 Å². The largest absolute Gasteiger partial charge is 0.488 e. The summed E-state index contributed by atoms with van der Waals surface area (Å²) in [4.78, 5) is 59.6. The number of nitrogens with zero attached hydrogens (tertiary/aromatic N) is 4. The summed E-state index contributed by atoms with van der Waals surface area (Å²) in [7, 11) is 1.28. The van der Waals surface area contributed by atoms with E-state index in [2.05, 4.69) is 84.4 Å². The van der Waals surface area contributed by atoms with Crippen molar-refractivity contribution in [1.29, 1.82) is 0 Å². The number of fused-ring (bicyclic) bond motifs is 6. The number of hydrogen-bond donors (Lipinski definition) is 3. The minimum atomic E-state index is -0.911. The number of ether oxygens (including phenoxy) is 2. The second-order valence-electron chi connectivity index (χ2n) is 15.7. The summed E-state index contributed by atoms with van der Waals surface area (Å²) in [6.45, 7) is 12.8. The lowest BCUT2D eigenvalue weighted by Crippen LogP contribution is -2.43. The SMILES string of the molecule is CCCN(Cc1nc2c(ccc3cc4c(cc32)OCc2cc(-c3cnc(CN(CC(C)C)C(=O)C[C@@H](C)CC)[nH]3)ccc2-4)[nH]1)C(=O)[C@H](NC(=O)OC)c1ccccc1. The molecular formula is C46H53N7O5. The number of amides is 3. The molecule has 12 heteroatoms. The van der Waals surface area contributed by atoms with Crippen molar-refractivity contribution in [3.8, 4) is 28.1 Å². The van der Waals surface area contributed by atoms with Crippen molar-refractivity contribution in [2.45, 2.75) is 79.6 Å². The normalized spacial score (nSPS) is 13.1. The van der Waals surface area contributed by atoms with Crippen molar-refractivity contribution >= 4 is 39.7 Å². The van der Waals surface area contributed by atoms with Crippen LogP contribution in [0.15, 0.2) is 79.0 Å². The van der Waals surface area contributed by atoms with Gasteiger partial charge in [-0.2, -0.15) is 0 Å². The van der Waals surface area contributed by atoms with E-state index in [1.807, 2.05) is 54.4 Å². The fourth-order valence-corrected chi connectivity index (χ4v) is 7.63. The zero-order valence-corrected chi connectivity index (χ0v) is 34.2.